The minimum Gasteiger partial charge on any atom is -0.395 e. The summed E-state index contributed by atoms with van der Waals surface area (Å²) in [6.07, 6.45) is 4.47. The van der Waals surface area contributed by atoms with E-state index in [1.807, 2.05) is 0 Å². The summed E-state index contributed by atoms with van der Waals surface area (Å²) in [5.74, 6) is 0.843. The molecule has 2 atom stereocenters. The van der Waals surface area contributed by atoms with Gasteiger partial charge in [-0.05, 0) is 51.2 Å². The van der Waals surface area contributed by atoms with E-state index in [4.69, 9.17) is 0 Å². The van der Waals surface area contributed by atoms with Crippen molar-refractivity contribution in [2.75, 3.05) is 39.3 Å². The molecule has 2 saturated heterocycles. The lowest BCUT2D eigenvalue weighted by molar-refractivity contribution is 0.0490. The van der Waals surface area contributed by atoms with Gasteiger partial charge in [-0.25, -0.2) is 0 Å². The molecule has 2 fully saturated rings. The van der Waals surface area contributed by atoms with Crippen LogP contribution in [0.3, 0.4) is 0 Å². The average molecular weight is 256 g/mol. The highest BCUT2D eigenvalue weighted by atomic mass is 16.3. The van der Waals surface area contributed by atoms with E-state index in [1.54, 1.807) is 0 Å². The fraction of sp³-hybridized carbons (Fsp3) is 1.00. The summed E-state index contributed by atoms with van der Waals surface area (Å²) in [5.41, 5.74) is 0. The van der Waals surface area contributed by atoms with Crippen LogP contribution >= 0.6 is 0 Å². The molecule has 18 heavy (non-hydrogen) atoms. The Morgan fingerprint density at radius 2 is 1.83 bits per heavy atom. The van der Waals surface area contributed by atoms with Crippen LogP contribution in [0.5, 0.6) is 0 Å². The Bertz CT molecular complexity index is 242. The highest BCUT2D eigenvalue weighted by Gasteiger charge is 2.26. The topological polar surface area (TPSA) is 46.9 Å². The Hall–Kier alpha value is -0.160. The summed E-state index contributed by atoms with van der Waals surface area (Å²) in [5, 5.41) is 19.4. The van der Waals surface area contributed by atoms with E-state index in [2.05, 4.69) is 16.7 Å². The van der Waals surface area contributed by atoms with Crippen LogP contribution < -0.4 is 0 Å². The molecule has 2 aliphatic heterocycles. The number of aliphatic hydroxyl groups excluding tert-OH is 2. The Kier molecular flexibility index (Phi) is 5.42. The molecule has 0 aromatic carbocycles. The zero-order valence-corrected chi connectivity index (χ0v) is 11.6. The van der Waals surface area contributed by atoms with Crippen molar-refractivity contribution in [3.05, 3.63) is 0 Å². The highest BCUT2D eigenvalue weighted by molar-refractivity contribution is 4.81. The largest absolute Gasteiger partial charge is 0.395 e. The minimum atomic E-state index is -0.273. The summed E-state index contributed by atoms with van der Waals surface area (Å²) in [6.45, 7) is 7.33. The van der Waals surface area contributed by atoms with E-state index in [-0.39, 0.29) is 18.8 Å². The number of hydrogen-bond donors (Lipinski definition) is 2. The van der Waals surface area contributed by atoms with Crippen LogP contribution in [0.4, 0.5) is 0 Å². The van der Waals surface area contributed by atoms with Crippen molar-refractivity contribution in [3.63, 3.8) is 0 Å². The Morgan fingerprint density at radius 1 is 1.11 bits per heavy atom. The maximum absolute atomic E-state index is 10.2. The van der Waals surface area contributed by atoms with Crippen LogP contribution in [-0.2, 0) is 0 Å². The smallest absolute Gasteiger partial charge is 0.0793 e. The molecule has 0 aliphatic carbocycles. The number of likely N-dealkylation sites (tertiary alicyclic amines) is 2. The summed E-state index contributed by atoms with van der Waals surface area (Å²) in [4.78, 5) is 4.63. The molecule has 4 nitrogen and oxygen atoms in total. The van der Waals surface area contributed by atoms with E-state index < -0.39 is 0 Å². The predicted molar refractivity (Wildman–Crippen MR) is 72.5 cm³/mol. The predicted octanol–water partition coefficient (Wildman–Crippen LogP) is 0.536. The highest BCUT2D eigenvalue weighted by Crippen LogP contribution is 2.18. The molecule has 2 rings (SSSR count). The second kappa shape index (κ2) is 6.85. The van der Waals surface area contributed by atoms with Crippen molar-refractivity contribution in [2.45, 2.75) is 44.8 Å². The summed E-state index contributed by atoms with van der Waals surface area (Å²) < 4.78 is 0. The second-order valence-corrected chi connectivity index (χ2v) is 6.11. The molecular weight excluding hydrogens is 228 g/mol. The van der Waals surface area contributed by atoms with Gasteiger partial charge in [-0.2, -0.15) is 0 Å². The molecule has 0 spiro atoms. The number of piperidine rings is 1. The van der Waals surface area contributed by atoms with Crippen LogP contribution in [0.2, 0.25) is 0 Å². The van der Waals surface area contributed by atoms with E-state index in [1.165, 1.54) is 12.8 Å². The maximum atomic E-state index is 10.2. The number of nitrogens with zero attached hydrogens (tertiary/aromatic N) is 2. The van der Waals surface area contributed by atoms with Gasteiger partial charge in [-0.15, -0.1) is 0 Å². The third-order valence-corrected chi connectivity index (χ3v) is 4.50. The monoisotopic (exact) mass is 256 g/mol. The molecule has 4 heteroatoms. The van der Waals surface area contributed by atoms with Crippen LogP contribution in [0.25, 0.3) is 0 Å². The first-order valence-electron chi connectivity index (χ1n) is 7.44. The number of rotatable bonds is 5. The van der Waals surface area contributed by atoms with Gasteiger partial charge in [0.2, 0.25) is 0 Å². The van der Waals surface area contributed by atoms with E-state index >= 15 is 0 Å². The van der Waals surface area contributed by atoms with Crippen LogP contribution in [-0.4, -0.2) is 71.5 Å². The van der Waals surface area contributed by atoms with Crippen molar-refractivity contribution in [1.82, 2.24) is 9.80 Å². The third kappa shape index (κ3) is 3.92. The van der Waals surface area contributed by atoms with Crippen LogP contribution in [0.15, 0.2) is 0 Å². The second-order valence-electron chi connectivity index (χ2n) is 6.11. The van der Waals surface area contributed by atoms with Gasteiger partial charge in [0.25, 0.3) is 0 Å². The summed E-state index contributed by atoms with van der Waals surface area (Å²) in [6, 6.07) is 0.279. The first-order valence-corrected chi connectivity index (χ1v) is 7.44. The van der Waals surface area contributed by atoms with Gasteiger partial charge in [0.05, 0.1) is 12.7 Å². The SMILES string of the molecule is CC1CCN(CC(O)CN2CCCC2CO)CC1. The van der Waals surface area contributed by atoms with Gasteiger partial charge < -0.3 is 15.1 Å². The zero-order chi connectivity index (χ0) is 13.0. The molecule has 2 aliphatic rings. The lowest BCUT2D eigenvalue weighted by Crippen LogP contribution is -2.44. The molecule has 0 aromatic rings. The normalized spacial score (nSPS) is 29.8. The van der Waals surface area contributed by atoms with Gasteiger partial charge in [-0.1, -0.05) is 6.92 Å². The van der Waals surface area contributed by atoms with E-state index in [0.29, 0.717) is 0 Å². The fourth-order valence-corrected chi connectivity index (χ4v) is 3.21. The molecular formula is C14H28N2O2. The molecule has 0 saturated carbocycles. The molecule has 106 valence electrons. The van der Waals surface area contributed by atoms with Gasteiger partial charge in [0.15, 0.2) is 0 Å². The molecule has 0 aromatic heterocycles. The number of β-amino-alcohol motifs (C(OH)–C–C–N with tert-alkyl or cyclic N) is 1. The van der Waals surface area contributed by atoms with Crippen molar-refractivity contribution < 1.29 is 10.2 Å². The standard InChI is InChI=1S/C14H28N2O2/c1-12-4-7-15(8-5-12)9-14(18)10-16-6-2-3-13(16)11-17/h12-14,17-18H,2-11H2,1H3. The van der Waals surface area contributed by atoms with Gasteiger partial charge in [0.1, 0.15) is 0 Å². The summed E-state index contributed by atoms with van der Waals surface area (Å²) >= 11 is 0. The number of hydrogen-bond acceptors (Lipinski definition) is 4. The van der Waals surface area contributed by atoms with E-state index in [0.717, 1.165) is 51.5 Å². The molecule has 0 bridgehead atoms. The maximum Gasteiger partial charge on any atom is 0.0793 e. The Morgan fingerprint density at radius 3 is 2.50 bits per heavy atom. The molecule has 2 unspecified atom stereocenters. The lowest BCUT2D eigenvalue weighted by atomic mass is 9.99. The molecule has 0 radical (unpaired) electrons. The molecule has 2 N–H and O–H groups in total. The van der Waals surface area contributed by atoms with Crippen LogP contribution in [0.1, 0.15) is 32.6 Å². The van der Waals surface area contributed by atoms with Gasteiger partial charge in [-0.3, -0.25) is 4.90 Å². The van der Waals surface area contributed by atoms with Crippen molar-refractivity contribution in [3.8, 4) is 0 Å². The fourth-order valence-electron chi connectivity index (χ4n) is 3.21. The Balaban J connectivity index is 1.69. The first kappa shape index (κ1) is 14.3. The number of aliphatic hydroxyl groups is 2. The van der Waals surface area contributed by atoms with E-state index in [9.17, 15) is 10.2 Å². The van der Waals surface area contributed by atoms with Crippen LogP contribution in [0, 0.1) is 5.92 Å². The van der Waals surface area contributed by atoms with Crippen molar-refractivity contribution in [1.29, 1.82) is 0 Å². The Labute approximate surface area is 111 Å². The zero-order valence-electron chi connectivity index (χ0n) is 11.6. The first-order chi connectivity index (χ1) is 8.69. The molecule has 0 amide bonds. The average Bonchev–Trinajstić information content (AvgIpc) is 2.79. The minimum absolute atomic E-state index is 0.230. The summed E-state index contributed by atoms with van der Waals surface area (Å²) in [7, 11) is 0. The van der Waals surface area contributed by atoms with Gasteiger partial charge >= 0.3 is 0 Å². The quantitative estimate of drug-likeness (QED) is 0.753. The third-order valence-electron chi connectivity index (χ3n) is 4.50. The molecule has 2 heterocycles. The van der Waals surface area contributed by atoms with Gasteiger partial charge in [0, 0.05) is 19.1 Å². The van der Waals surface area contributed by atoms with Crippen molar-refractivity contribution in [2.24, 2.45) is 5.92 Å². The van der Waals surface area contributed by atoms with Crippen molar-refractivity contribution >= 4 is 0 Å². The lowest BCUT2D eigenvalue weighted by Gasteiger charge is -2.33.